The first-order chi connectivity index (χ1) is 6.20. The average molecular weight is 212 g/mol. The van der Waals surface area contributed by atoms with Crippen LogP contribution in [-0.4, -0.2) is 66.9 Å². The van der Waals surface area contributed by atoms with Crippen LogP contribution in [0.2, 0.25) is 0 Å². The number of hydrogen-bond donors (Lipinski definition) is 0. The molecule has 76 valence electrons. The molecule has 1 aliphatic heterocycles. The zero-order valence-electron chi connectivity index (χ0n) is 7.61. The monoisotopic (exact) mass is 212 g/mol. The van der Waals surface area contributed by atoms with Crippen molar-refractivity contribution in [2.24, 2.45) is 0 Å². The number of hydrogen-bond acceptors (Lipinski definition) is 5. The van der Waals surface area contributed by atoms with Crippen LogP contribution in [0.4, 0.5) is 0 Å². The average Bonchev–Trinajstić information content (AvgIpc) is 2.84. The fourth-order valence-electron chi connectivity index (χ4n) is 0.920. The molecular weight excluding hydrogens is 199 g/mol. The van der Waals surface area contributed by atoms with Gasteiger partial charge in [-0.05, 0) is 13.8 Å². The molecule has 0 amide bonds. The van der Waals surface area contributed by atoms with Gasteiger partial charge in [-0.2, -0.15) is 0 Å². The van der Waals surface area contributed by atoms with Gasteiger partial charge in [0.15, 0.2) is 12.2 Å². The molecule has 0 aromatic carbocycles. The van der Waals surface area contributed by atoms with Gasteiger partial charge < -0.3 is 14.2 Å². The summed E-state index contributed by atoms with van der Waals surface area (Å²) in [4.78, 5) is 21.9. The molecule has 14 heavy (non-hydrogen) atoms. The molecule has 0 bridgehead atoms. The summed E-state index contributed by atoms with van der Waals surface area (Å²) in [5.74, 6) is -0.999. The van der Waals surface area contributed by atoms with Gasteiger partial charge in [0.25, 0.3) is 0 Å². The van der Waals surface area contributed by atoms with E-state index in [0.717, 1.165) is 0 Å². The summed E-state index contributed by atoms with van der Waals surface area (Å²) in [5, 5.41) is 0. The Balaban J connectivity index is 0.00000169. The van der Waals surface area contributed by atoms with Crippen LogP contribution in [0, 0.1) is 0 Å². The Morgan fingerprint density at radius 2 is 1.43 bits per heavy atom. The van der Waals surface area contributed by atoms with E-state index in [1.54, 1.807) is 13.8 Å². The fourth-order valence-corrected chi connectivity index (χ4v) is 0.920. The van der Waals surface area contributed by atoms with E-state index in [1.165, 1.54) is 0 Å². The van der Waals surface area contributed by atoms with Crippen LogP contribution in [-0.2, 0) is 23.8 Å². The third-order valence-electron chi connectivity index (χ3n) is 1.53. The van der Waals surface area contributed by atoms with Crippen molar-refractivity contribution in [3.8, 4) is 0 Å². The second kappa shape index (κ2) is 6.40. The molecule has 0 saturated carbocycles. The van der Waals surface area contributed by atoms with E-state index in [4.69, 9.17) is 4.74 Å². The first-order valence-corrected chi connectivity index (χ1v) is 4.19. The van der Waals surface area contributed by atoms with Gasteiger partial charge in [0.1, 0.15) is 0 Å². The molecule has 1 saturated heterocycles. The second-order valence-electron chi connectivity index (χ2n) is 2.48. The molecule has 0 aromatic rings. The van der Waals surface area contributed by atoms with Crippen LogP contribution < -0.4 is 0 Å². The summed E-state index contributed by atoms with van der Waals surface area (Å²) in [6, 6.07) is 0. The predicted molar refractivity (Wildman–Crippen MR) is 49.1 cm³/mol. The summed E-state index contributed by atoms with van der Waals surface area (Å²) >= 11 is 0. The molecule has 1 aliphatic rings. The maximum atomic E-state index is 11.0. The molecule has 1 fully saturated rings. The third-order valence-corrected chi connectivity index (χ3v) is 1.53. The minimum absolute atomic E-state index is 0. The molecule has 0 aliphatic carbocycles. The summed E-state index contributed by atoms with van der Waals surface area (Å²) in [6.45, 7) is 3.96. The van der Waals surface area contributed by atoms with Crippen LogP contribution in [0.3, 0.4) is 0 Å². The third kappa shape index (κ3) is 3.57. The van der Waals surface area contributed by atoms with E-state index in [-0.39, 0.29) is 42.8 Å². The molecule has 2 unspecified atom stereocenters. The molecule has 0 radical (unpaired) electrons. The first kappa shape index (κ1) is 13.9. The van der Waals surface area contributed by atoms with Crippen LogP contribution in [0.25, 0.3) is 0 Å². The van der Waals surface area contributed by atoms with E-state index < -0.39 is 24.1 Å². The van der Waals surface area contributed by atoms with Gasteiger partial charge in [-0.15, -0.1) is 0 Å². The van der Waals surface area contributed by atoms with Crippen LogP contribution >= 0.6 is 0 Å². The molecule has 0 aromatic heterocycles. The molecule has 6 heteroatoms. The van der Waals surface area contributed by atoms with E-state index >= 15 is 0 Å². The molecule has 1 heterocycles. The maximum absolute atomic E-state index is 11.0. The second-order valence-corrected chi connectivity index (χ2v) is 2.48. The van der Waals surface area contributed by atoms with Crippen molar-refractivity contribution < 1.29 is 23.8 Å². The van der Waals surface area contributed by atoms with Crippen LogP contribution in [0.1, 0.15) is 13.8 Å². The minimum atomic E-state index is -0.751. The summed E-state index contributed by atoms with van der Waals surface area (Å²) in [6.07, 6.45) is -1.50. The van der Waals surface area contributed by atoms with Crippen molar-refractivity contribution in [3.05, 3.63) is 0 Å². The van der Waals surface area contributed by atoms with Crippen molar-refractivity contribution in [2.75, 3.05) is 13.2 Å². The zero-order valence-corrected chi connectivity index (χ0v) is 7.61. The van der Waals surface area contributed by atoms with E-state index in [0.29, 0.717) is 0 Å². The topological polar surface area (TPSA) is 65.1 Å². The predicted octanol–water partition coefficient (Wildman–Crippen LogP) is -0.769. The number of rotatable bonds is 4. The van der Waals surface area contributed by atoms with Crippen LogP contribution in [0.5, 0.6) is 0 Å². The number of epoxide rings is 1. The summed E-state index contributed by atoms with van der Waals surface area (Å²) in [7, 11) is 0. The van der Waals surface area contributed by atoms with Gasteiger partial charge in [0.2, 0.25) is 0 Å². The Morgan fingerprint density at radius 1 is 1.07 bits per heavy atom. The number of carbonyl (C=O) groups is 2. The fraction of sp³-hybridized carbons (Fsp3) is 0.750. The van der Waals surface area contributed by atoms with Gasteiger partial charge in [-0.25, -0.2) is 9.59 Å². The van der Waals surface area contributed by atoms with Crippen molar-refractivity contribution in [2.45, 2.75) is 26.1 Å². The Morgan fingerprint density at radius 3 is 1.71 bits per heavy atom. The molecule has 5 nitrogen and oxygen atoms in total. The van der Waals surface area contributed by atoms with Gasteiger partial charge in [-0.3, -0.25) is 0 Å². The Hall–Kier alpha value is -0.100. The van der Waals surface area contributed by atoms with E-state index in [2.05, 4.69) is 9.47 Å². The van der Waals surface area contributed by atoms with E-state index in [1.807, 2.05) is 0 Å². The summed E-state index contributed by atoms with van der Waals surface area (Å²) < 4.78 is 14.1. The van der Waals surface area contributed by atoms with Gasteiger partial charge >= 0.3 is 41.5 Å². The molecule has 1 rings (SSSR count). The van der Waals surface area contributed by atoms with E-state index in [9.17, 15) is 9.59 Å². The molecule has 2 atom stereocenters. The van der Waals surface area contributed by atoms with Gasteiger partial charge in [-0.1, -0.05) is 0 Å². The van der Waals surface area contributed by atoms with Crippen molar-refractivity contribution in [1.82, 2.24) is 0 Å². The SMILES string of the molecule is CCOC(=O)C1OC1C(=O)OCC.[NaH]. The Bertz CT molecular complexity index is 196. The van der Waals surface area contributed by atoms with Crippen molar-refractivity contribution in [3.63, 3.8) is 0 Å². The zero-order chi connectivity index (χ0) is 9.84. The molecular formula is C8H13NaO5. The standard InChI is InChI=1S/C8H12O5.Na.H/c1-3-11-7(9)5-6(13-5)8(10)12-4-2;;/h5-6H,3-4H2,1-2H3;;. The van der Waals surface area contributed by atoms with Crippen molar-refractivity contribution >= 4 is 41.5 Å². The van der Waals surface area contributed by atoms with Gasteiger partial charge in [0.05, 0.1) is 13.2 Å². The normalized spacial score (nSPS) is 23.3. The first-order valence-electron chi connectivity index (χ1n) is 4.19. The number of ether oxygens (including phenoxy) is 3. The molecule has 0 spiro atoms. The van der Waals surface area contributed by atoms with Gasteiger partial charge in [0, 0.05) is 0 Å². The Labute approximate surface area is 104 Å². The Kier molecular flexibility index (Phi) is 6.35. The van der Waals surface area contributed by atoms with Crippen molar-refractivity contribution in [1.29, 1.82) is 0 Å². The molecule has 0 N–H and O–H groups in total. The number of carbonyl (C=O) groups excluding carboxylic acids is 2. The number of esters is 2. The quantitative estimate of drug-likeness (QED) is 0.348. The van der Waals surface area contributed by atoms with Crippen LogP contribution in [0.15, 0.2) is 0 Å². The summed E-state index contributed by atoms with van der Waals surface area (Å²) in [5.41, 5.74) is 0.